The average molecular weight is 373 g/mol. The minimum absolute atomic E-state index is 0.146. The van der Waals surface area contributed by atoms with Gasteiger partial charge in [-0.2, -0.15) is 5.10 Å². The molecule has 2 aliphatic heterocycles. The van der Waals surface area contributed by atoms with Crippen LogP contribution in [0.15, 0.2) is 24.3 Å². The molecule has 1 spiro atoms. The molecule has 0 bridgehead atoms. The van der Waals surface area contributed by atoms with E-state index >= 15 is 0 Å². The van der Waals surface area contributed by atoms with Gasteiger partial charge in [-0.25, -0.2) is 0 Å². The number of nitrogens with one attached hydrogen (secondary N) is 2. The number of halogens is 1. The normalized spacial score (nSPS) is 22.3. The maximum absolute atomic E-state index is 12.9. The van der Waals surface area contributed by atoms with Crippen molar-refractivity contribution >= 4 is 29.3 Å². The molecule has 3 amide bonds. The van der Waals surface area contributed by atoms with E-state index in [4.69, 9.17) is 11.6 Å². The van der Waals surface area contributed by atoms with Gasteiger partial charge in [-0.05, 0) is 25.5 Å². The summed E-state index contributed by atoms with van der Waals surface area (Å²) >= 11 is 5.92. The lowest BCUT2D eigenvalue weighted by Crippen LogP contribution is -2.37. The van der Waals surface area contributed by atoms with Crippen LogP contribution < -0.4 is 5.32 Å². The summed E-state index contributed by atoms with van der Waals surface area (Å²) in [6, 6.07) is 7.23. The number of aromatic nitrogens is 2. The molecule has 3 heterocycles. The molecule has 0 radical (unpaired) electrons. The number of aromatic amines is 1. The maximum atomic E-state index is 12.9. The van der Waals surface area contributed by atoms with Gasteiger partial charge in [-0.3, -0.25) is 24.8 Å². The van der Waals surface area contributed by atoms with Crippen molar-refractivity contribution in [1.29, 1.82) is 0 Å². The molecular formula is C18H17ClN4O3. The minimum Gasteiger partial charge on any atom is -0.336 e. The third-order valence-corrected chi connectivity index (χ3v) is 5.47. The lowest BCUT2D eigenvalue weighted by Gasteiger charge is -2.20. The van der Waals surface area contributed by atoms with Gasteiger partial charge in [-0.1, -0.05) is 23.7 Å². The van der Waals surface area contributed by atoms with Crippen molar-refractivity contribution in [2.24, 2.45) is 5.41 Å². The zero-order valence-electron chi connectivity index (χ0n) is 14.1. The molecule has 1 atom stereocenters. The van der Waals surface area contributed by atoms with Crippen molar-refractivity contribution in [2.75, 3.05) is 13.1 Å². The number of imide groups is 1. The maximum Gasteiger partial charge on any atom is 0.272 e. The van der Waals surface area contributed by atoms with Gasteiger partial charge < -0.3 is 4.90 Å². The number of hydrogen-bond acceptors (Lipinski definition) is 4. The summed E-state index contributed by atoms with van der Waals surface area (Å²) in [5.74, 6) is -0.757. The second-order valence-electron chi connectivity index (χ2n) is 6.89. The molecule has 134 valence electrons. The van der Waals surface area contributed by atoms with Crippen molar-refractivity contribution < 1.29 is 14.4 Å². The van der Waals surface area contributed by atoms with E-state index in [1.165, 1.54) is 0 Å². The van der Waals surface area contributed by atoms with Crippen molar-refractivity contribution in [2.45, 2.75) is 19.8 Å². The van der Waals surface area contributed by atoms with Crippen LogP contribution in [0.25, 0.3) is 11.3 Å². The summed E-state index contributed by atoms with van der Waals surface area (Å²) in [6.45, 7) is 2.52. The van der Waals surface area contributed by atoms with Crippen molar-refractivity contribution in [3.8, 4) is 11.3 Å². The number of rotatable bonds is 2. The quantitative estimate of drug-likeness (QED) is 0.787. The van der Waals surface area contributed by atoms with Crippen LogP contribution in [0.5, 0.6) is 0 Å². The van der Waals surface area contributed by atoms with E-state index in [1.807, 2.05) is 19.1 Å². The zero-order chi connectivity index (χ0) is 18.5. The van der Waals surface area contributed by atoms with E-state index < -0.39 is 5.41 Å². The highest BCUT2D eigenvalue weighted by molar-refractivity contribution is 6.30. The smallest absolute Gasteiger partial charge is 0.272 e. The third kappa shape index (κ3) is 2.59. The summed E-state index contributed by atoms with van der Waals surface area (Å²) < 4.78 is 0. The summed E-state index contributed by atoms with van der Waals surface area (Å²) in [7, 11) is 0. The Morgan fingerprint density at radius 2 is 2.00 bits per heavy atom. The average Bonchev–Trinajstić information content (AvgIpc) is 3.27. The van der Waals surface area contributed by atoms with Crippen LogP contribution in [-0.4, -0.2) is 45.9 Å². The monoisotopic (exact) mass is 372 g/mol. The van der Waals surface area contributed by atoms with Crippen LogP contribution in [-0.2, 0) is 9.59 Å². The summed E-state index contributed by atoms with van der Waals surface area (Å²) in [4.78, 5) is 38.2. The van der Waals surface area contributed by atoms with E-state index in [2.05, 4.69) is 15.5 Å². The van der Waals surface area contributed by atoms with Gasteiger partial charge in [0, 0.05) is 35.7 Å². The predicted octanol–water partition coefficient (Wildman–Crippen LogP) is 1.92. The van der Waals surface area contributed by atoms with Crippen molar-refractivity contribution in [1.82, 2.24) is 20.4 Å². The molecule has 2 aliphatic rings. The molecule has 2 saturated heterocycles. The van der Waals surface area contributed by atoms with Gasteiger partial charge in [0.05, 0.1) is 11.1 Å². The van der Waals surface area contributed by atoms with Crippen LogP contribution in [0, 0.1) is 12.3 Å². The van der Waals surface area contributed by atoms with Crippen LogP contribution in [0.3, 0.4) is 0 Å². The second kappa shape index (κ2) is 5.95. The zero-order valence-corrected chi connectivity index (χ0v) is 14.9. The highest BCUT2D eigenvalue weighted by Crippen LogP contribution is 2.38. The van der Waals surface area contributed by atoms with Crippen LogP contribution in [0.1, 0.15) is 28.9 Å². The number of carbonyl (C=O) groups is 3. The first kappa shape index (κ1) is 16.8. The Bertz CT molecular complexity index is 921. The van der Waals surface area contributed by atoms with E-state index in [0.717, 1.165) is 11.1 Å². The van der Waals surface area contributed by atoms with Crippen LogP contribution >= 0.6 is 11.6 Å². The number of nitrogens with zero attached hydrogens (tertiary/aromatic N) is 2. The topological polar surface area (TPSA) is 95.2 Å². The van der Waals surface area contributed by atoms with Crippen LogP contribution in [0.2, 0.25) is 5.02 Å². The fourth-order valence-corrected chi connectivity index (χ4v) is 3.85. The Hall–Kier alpha value is -2.67. The van der Waals surface area contributed by atoms with Gasteiger partial charge in [0.15, 0.2) is 0 Å². The van der Waals surface area contributed by atoms with E-state index in [0.29, 0.717) is 29.4 Å². The standard InChI is InChI=1S/C18H17ClN4O3/c1-10-14(11-2-4-12(19)5-3-11)21-22-15(10)16(25)23-7-6-18(9-23)8-13(24)20-17(18)26/h2-5H,6-9H2,1H3,(H,21,22)(H,20,24,26)/t18-/m0/s1. The molecule has 0 saturated carbocycles. The van der Waals surface area contributed by atoms with E-state index in [-0.39, 0.29) is 30.7 Å². The Morgan fingerprint density at radius 3 is 2.65 bits per heavy atom. The molecule has 7 nitrogen and oxygen atoms in total. The molecule has 4 rings (SSSR count). The molecule has 2 N–H and O–H groups in total. The number of amides is 3. The highest BCUT2D eigenvalue weighted by atomic mass is 35.5. The van der Waals surface area contributed by atoms with Gasteiger partial charge in [0.1, 0.15) is 5.69 Å². The fourth-order valence-electron chi connectivity index (χ4n) is 3.72. The van der Waals surface area contributed by atoms with Gasteiger partial charge >= 0.3 is 0 Å². The third-order valence-electron chi connectivity index (χ3n) is 5.22. The number of carbonyl (C=O) groups excluding carboxylic acids is 3. The Kier molecular flexibility index (Phi) is 3.84. The Balaban J connectivity index is 1.57. The summed E-state index contributed by atoms with van der Waals surface area (Å²) in [5, 5.41) is 10.1. The SMILES string of the molecule is Cc1c(-c2ccc(Cl)cc2)n[nH]c1C(=O)N1CC[C@]2(CC(=O)NC2=O)C1. The molecule has 0 aliphatic carbocycles. The number of hydrogen-bond donors (Lipinski definition) is 2. The molecule has 1 aromatic heterocycles. The molecule has 0 unspecified atom stereocenters. The van der Waals surface area contributed by atoms with Gasteiger partial charge in [0.25, 0.3) is 5.91 Å². The first-order valence-corrected chi connectivity index (χ1v) is 8.72. The first-order valence-electron chi connectivity index (χ1n) is 8.34. The van der Waals surface area contributed by atoms with Crippen LogP contribution in [0.4, 0.5) is 0 Å². The fraction of sp³-hybridized carbons (Fsp3) is 0.333. The van der Waals surface area contributed by atoms with Crippen molar-refractivity contribution in [3.63, 3.8) is 0 Å². The number of benzene rings is 1. The summed E-state index contributed by atoms with van der Waals surface area (Å²) in [5.41, 5.74) is 1.91. The lowest BCUT2D eigenvalue weighted by atomic mass is 9.85. The molecule has 26 heavy (non-hydrogen) atoms. The number of likely N-dealkylation sites (tertiary alicyclic amines) is 1. The largest absolute Gasteiger partial charge is 0.336 e. The second-order valence-corrected chi connectivity index (χ2v) is 7.33. The van der Waals surface area contributed by atoms with Gasteiger partial charge in [-0.15, -0.1) is 0 Å². The van der Waals surface area contributed by atoms with E-state index in [9.17, 15) is 14.4 Å². The lowest BCUT2D eigenvalue weighted by molar-refractivity contribution is -0.128. The van der Waals surface area contributed by atoms with E-state index in [1.54, 1.807) is 17.0 Å². The number of H-pyrrole nitrogens is 1. The molecule has 1 aromatic carbocycles. The molecular weight excluding hydrogens is 356 g/mol. The van der Waals surface area contributed by atoms with Crippen molar-refractivity contribution in [3.05, 3.63) is 40.5 Å². The Morgan fingerprint density at radius 1 is 1.27 bits per heavy atom. The Labute approximate surface area is 154 Å². The predicted molar refractivity (Wildman–Crippen MR) is 94.5 cm³/mol. The summed E-state index contributed by atoms with van der Waals surface area (Å²) in [6.07, 6.45) is 0.640. The van der Waals surface area contributed by atoms with Gasteiger partial charge in [0.2, 0.25) is 11.8 Å². The molecule has 2 aromatic rings. The minimum atomic E-state index is -0.778. The molecule has 8 heteroatoms. The first-order chi connectivity index (χ1) is 12.4. The molecule has 2 fully saturated rings. The highest BCUT2D eigenvalue weighted by Gasteiger charge is 2.52.